The number of hydrogen-bond donors (Lipinski definition) is 1. The minimum Gasteiger partial charge on any atom is -0.461 e. The van der Waals surface area contributed by atoms with E-state index in [0.29, 0.717) is 17.4 Å². The van der Waals surface area contributed by atoms with Gasteiger partial charge in [0.25, 0.3) is 0 Å². The Bertz CT molecular complexity index is 1180. The third-order valence-corrected chi connectivity index (χ3v) is 6.85. The van der Waals surface area contributed by atoms with Crippen molar-refractivity contribution < 1.29 is 4.74 Å². The molecular weight excluding hydrogens is 418 g/mol. The first-order chi connectivity index (χ1) is 15.8. The van der Waals surface area contributed by atoms with E-state index in [4.69, 9.17) is 4.74 Å². The van der Waals surface area contributed by atoms with Gasteiger partial charge in [0.1, 0.15) is 29.2 Å². The normalized spacial score (nSPS) is 22.6. The highest BCUT2D eigenvalue weighted by Crippen LogP contribution is 2.46. The lowest BCUT2D eigenvalue weighted by Gasteiger charge is -2.46. The van der Waals surface area contributed by atoms with Gasteiger partial charge in [-0.3, -0.25) is 0 Å². The molecule has 0 saturated heterocycles. The number of ether oxygens (including phenoxy) is 1. The number of allylic oxidation sites excluding steroid dienone is 6. The van der Waals surface area contributed by atoms with Crippen molar-refractivity contribution in [1.82, 2.24) is 5.32 Å². The van der Waals surface area contributed by atoms with Gasteiger partial charge < -0.3 is 10.1 Å². The molecule has 0 bridgehead atoms. The summed E-state index contributed by atoms with van der Waals surface area (Å²) in [6.07, 6.45) is 10.9. The van der Waals surface area contributed by atoms with Crippen LogP contribution in [0.5, 0.6) is 0 Å². The third-order valence-electron chi connectivity index (χ3n) is 6.85. The van der Waals surface area contributed by atoms with Crippen LogP contribution in [-0.2, 0) is 17.6 Å². The highest BCUT2D eigenvalue weighted by atomic mass is 16.5. The first-order valence-corrected chi connectivity index (χ1v) is 12.1. The van der Waals surface area contributed by atoms with Crippen molar-refractivity contribution in [2.24, 2.45) is 10.8 Å². The second-order valence-electron chi connectivity index (χ2n) is 12.4. The van der Waals surface area contributed by atoms with Gasteiger partial charge in [0.2, 0.25) is 0 Å². The highest BCUT2D eigenvalue weighted by Gasteiger charge is 2.40. The van der Waals surface area contributed by atoms with E-state index >= 15 is 0 Å². The zero-order chi connectivity index (χ0) is 24.9. The largest absolute Gasteiger partial charge is 0.461 e. The average Bonchev–Trinajstić information content (AvgIpc) is 2.70. The van der Waals surface area contributed by atoms with E-state index in [-0.39, 0.29) is 21.9 Å². The van der Waals surface area contributed by atoms with Crippen LogP contribution in [0, 0.1) is 33.5 Å². The minimum absolute atomic E-state index is 0.0663. The van der Waals surface area contributed by atoms with E-state index in [1.165, 1.54) is 16.7 Å². The summed E-state index contributed by atoms with van der Waals surface area (Å²) in [5.74, 6) is 1.38. The van der Waals surface area contributed by atoms with Gasteiger partial charge in [-0.1, -0.05) is 52.8 Å². The van der Waals surface area contributed by atoms with Crippen LogP contribution in [0.1, 0.15) is 83.2 Å². The molecule has 0 saturated carbocycles. The van der Waals surface area contributed by atoms with Crippen LogP contribution in [0.2, 0.25) is 0 Å². The summed E-state index contributed by atoms with van der Waals surface area (Å²) >= 11 is 0. The molecule has 1 unspecified atom stereocenters. The number of nitrogens with one attached hydrogen (secondary N) is 1. The Morgan fingerprint density at radius 2 is 1.68 bits per heavy atom. The van der Waals surface area contributed by atoms with Crippen molar-refractivity contribution in [3.63, 3.8) is 0 Å². The summed E-state index contributed by atoms with van der Waals surface area (Å²) in [6.45, 7) is 15.5. The minimum atomic E-state index is -0.246. The second-order valence-corrected chi connectivity index (χ2v) is 12.4. The van der Waals surface area contributed by atoms with Crippen molar-refractivity contribution in [2.75, 3.05) is 0 Å². The molecule has 0 spiro atoms. The van der Waals surface area contributed by atoms with Crippen molar-refractivity contribution in [3.8, 4) is 12.1 Å². The molecule has 4 nitrogen and oxygen atoms in total. The van der Waals surface area contributed by atoms with Gasteiger partial charge >= 0.3 is 0 Å². The van der Waals surface area contributed by atoms with Gasteiger partial charge in [-0.15, -0.1) is 0 Å². The summed E-state index contributed by atoms with van der Waals surface area (Å²) in [6, 6.07) is 9.06. The van der Waals surface area contributed by atoms with Crippen LogP contribution in [0.15, 0.2) is 53.0 Å². The summed E-state index contributed by atoms with van der Waals surface area (Å²) < 4.78 is 6.18. The zero-order valence-corrected chi connectivity index (χ0v) is 21.5. The molecule has 4 rings (SSSR count). The molecular formula is C30H35N3O. The molecule has 3 aliphatic rings. The summed E-state index contributed by atoms with van der Waals surface area (Å²) in [5, 5.41) is 22.7. The topological polar surface area (TPSA) is 68.8 Å². The molecule has 0 radical (unpaired) electrons. The van der Waals surface area contributed by atoms with Crippen LogP contribution in [0.25, 0.3) is 6.08 Å². The summed E-state index contributed by atoms with van der Waals surface area (Å²) in [5.41, 5.74) is 6.30. The lowest BCUT2D eigenvalue weighted by molar-refractivity contribution is 0.205. The molecule has 2 heterocycles. The van der Waals surface area contributed by atoms with Crippen molar-refractivity contribution in [1.29, 1.82) is 10.5 Å². The maximum atomic E-state index is 9.39. The molecule has 4 heteroatoms. The number of nitriles is 2. The fourth-order valence-corrected chi connectivity index (χ4v) is 5.46. The number of benzene rings is 1. The first-order valence-electron chi connectivity index (χ1n) is 12.1. The Morgan fingerprint density at radius 1 is 1.03 bits per heavy atom. The number of rotatable bonds is 2. The Morgan fingerprint density at radius 3 is 2.29 bits per heavy atom. The molecule has 2 aliphatic heterocycles. The van der Waals surface area contributed by atoms with Crippen molar-refractivity contribution in [2.45, 2.75) is 79.3 Å². The molecule has 0 amide bonds. The highest BCUT2D eigenvalue weighted by molar-refractivity contribution is 5.60. The lowest BCUT2D eigenvalue weighted by Crippen LogP contribution is -2.50. The predicted octanol–water partition coefficient (Wildman–Crippen LogP) is 6.83. The monoisotopic (exact) mass is 453 g/mol. The quantitative estimate of drug-likeness (QED) is 0.499. The molecule has 1 N–H and O–H groups in total. The van der Waals surface area contributed by atoms with E-state index in [1.54, 1.807) is 12.2 Å². The average molecular weight is 454 g/mol. The van der Waals surface area contributed by atoms with E-state index in [1.807, 2.05) is 18.2 Å². The van der Waals surface area contributed by atoms with Crippen LogP contribution < -0.4 is 5.32 Å². The zero-order valence-electron chi connectivity index (χ0n) is 21.5. The van der Waals surface area contributed by atoms with Gasteiger partial charge in [-0.2, -0.15) is 10.5 Å². The molecule has 0 aromatic heterocycles. The number of hydrogen-bond acceptors (Lipinski definition) is 4. The van der Waals surface area contributed by atoms with Gasteiger partial charge in [0.15, 0.2) is 0 Å². The van der Waals surface area contributed by atoms with E-state index < -0.39 is 0 Å². The standard InChI is InChI=1S/C30H35N3O/c1-28(2,3)26-13-20(23(17-31)18-32)12-24(34-26)9-8-19-10-21-14-29(4,5)16-25-27(21)22(11-19)15-30(6,7)33-25/h8-13,25,33H,14-16H2,1-7H3/b9-8+. The van der Waals surface area contributed by atoms with Crippen LogP contribution in [0.4, 0.5) is 0 Å². The summed E-state index contributed by atoms with van der Waals surface area (Å²) in [4.78, 5) is 0. The maximum absolute atomic E-state index is 9.39. The molecule has 0 fully saturated rings. The fraction of sp³-hybridized carbons (Fsp3) is 0.467. The Balaban J connectivity index is 1.73. The van der Waals surface area contributed by atoms with Gasteiger partial charge in [0, 0.05) is 22.6 Å². The maximum Gasteiger partial charge on any atom is 0.137 e. The Hall–Kier alpha value is -3.08. The molecule has 1 aromatic carbocycles. The van der Waals surface area contributed by atoms with Crippen LogP contribution >= 0.6 is 0 Å². The third kappa shape index (κ3) is 4.89. The van der Waals surface area contributed by atoms with Gasteiger partial charge in [0.05, 0.1) is 0 Å². The molecule has 1 aromatic rings. The Labute approximate surface area is 204 Å². The Kier molecular flexibility index (Phi) is 5.87. The SMILES string of the molecule is CC1(C)Cc2cc(/C=C/C3=CC(=C(C#N)C#N)C=C(C(C)(C)C)O3)cc3c2C(C1)NC(C)(C)C3. The second kappa shape index (κ2) is 8.30. The van der Waals surface area contributed by atoms with Gasteiger partial charge in [-0.05, 0) is 79.0 Å². The smallest absolute Gasteiger partial charge is 0.137 e. The summed E-state index contributed by atoms with van der Waals surface area (Å²) in [7, 11) is 0. The van der Waals surface area contributed by atoms with E-state index in [2.05, 4.69) is 72.0 Å². The van der Waals surface area contributed by atoms with Crippen molar-refractivity contribution in [3.05, 3.63) is 75.3 Å². The van der Waals surface area contributed by atoms with Crippen molar-refractivity contribution >= 4 is 6.08 Å². The lowest BCUT2D eigenvalue weighted by atomic mass is 9.67. The molecule has 1 atom stereocenters. The van der Waals surface area contributed by atoms with Crippen LogP contribution in [-0.4, -0.2) is 5.54 Å². The van der Waals surface area contributed by atoms with E-state index in [9.17, 15) is 10.5 Å². The van der Waals surface area contributed by atoms with Crippen LogP contribution in [0.3, 0.4) is 0 Å². The van der Waals surface area contributed by atoms with Gasteiger partial charge in [-0.25, -0.2) is 0 Å². The predicted molar refractivity (Wildman–Crippen MR) is 136 cm³/mol. The first kappa shape index (κ1) is 24.1. The van der Waals surface area contributed by atoms with E-state index in [0.717, 1.165) is 30.6 Å². The molecule has 34 heavy (non-hydrogen) atoms. The molecule has 1 aliphatic carbocycles. The fourth-order valence-electron chi connectivity index (χ4n) is 5.46. The number of nitrogens with zero attached hydrogens (tertiary/aromatic N) is 2. The molecule has 176 valence electrons.